The number of phenolic OH excluding ortho intramolecular Hbond substituents is 1. The molecule has 9 nitrogen and oxygen atoms in total. The van der Waals surface area contributed by atoms with Crippen LogP contribution < -0.4 is 10.6 Å². The Bertz CT molecular complexity index is 1490. The van der Waals surface area contributed by atoms with Crippen molar-refractivity contribution >= 4 is 12.1 Å². The molecule has 0 radical (unpaired) electrons. The molecule has 3 aromatic carbocycles. The highest BCUT2D eigenvalue weighted by Crippen LogP contribution is 2.42. The summed E-state index contributed by atoms with van der Waals surface area (Å²) in [5.41, 5.74) is 3.18. The van der Waals surface area contributed by atoms with Crippen LogP contribution in [0.4, 0.5) is 5.69 Å². The number of ether oxygens (including phenoxy) is 2. The number of hydrogen-bond acceptors (Lipinski definition) is 7. The van der Waals surface area contributed by atoms with Gasteiger partial charge in [0.25, 0.3) is 0 Å². The smallest absolute Gasteiger partial charge is 0.211 e. The van der Waals surface area contributed by atoms with Crippen molar-refractivity contribution in [1.29, 1.82) is 0 Å². The maximum Gasteiger partial charge on any atom is 0.211 e. The van der Waals surface area contributed by atoms with E-state index in [1.54, 1.807) is 12.1 Å². The van der Waals surface area contributed by atoms with Gasteiger partial charge in [0.15, 0.2) is 0 Å². The Morgan fingerprint density at radius 2 is 1.69 bits per heavy atom. The predicted octanol–water partition coefficient (Wildman–Crippen LogP) is 5.56. The van der Waals surface area contributed by atoms with Crippen molar-refractivity contribution in [3.05, 3.63) is 95.1 Å². The maximum atomic E-state index is 12.0. The molecule has 4 atom stereocenters. The first-order valence-corrected chi connectivity index (χ1v) is 18.1. The lowest BCUT2D eigenvalue weighted by Gasteiger charge is -2.52. The Hall–Kier alpha value is -3.31. The molecule has 0 aromatic heterocycles. The topological polar surface area (TPSA) is 120 Å². The van der Waals surface area contributed by atoms with Crippen LogP contribution in [0.1, 0.15) is 79.8 Å². The van der Waals surface area contributed by atoms with Gasteiger partial charge < -0.3 is 39.9 Å². The summed E-state index contributed by atoms with van der Waals surface area (Å²) in [4.78, 5) is 10.8. The van der Waals surface area contributed by atoms with E-state index in [1.807, 2.05) is 18.2 Å². The fourth-order valence-corrected chi connectivity index (χ4v) is 8.34. The number of carbonyl (C=O) groups is 1. The summed E-state index contributed by atoms with van der Waals surface area (Å²) in [5.74, 6) is 0.790. The van der Waals surface area contributed by atoms with Gasteiger partial charge in [-0.2, -0.15) is 0 Å². The number of fused-ring (bicyclic) bond motifs is 3. The summed E-state index contributed by atoms with van der Waals surface area (Å²) in [7, 11) is 0. The Balaban J connectivity index is 0.949. The largest absolute Gasteiger partial charge is 0.506 e. The third-order valence-electron chi connectivity index (χ3n) is 11.6. The molecule has 0 spiro atoms. The molecule has 4 aliphatic rings. The highest BCUT2D eigenvalue weighted by atomic mass is 16.5. The molecule has 1 saturated carbocycles. The SMILES string of the molecule is CC(NC[C@H](O)c1ccc(O)c(NC=O)c1)c1ccc(COCC[N+]23CCC(CC2)[C@@H](OC[C@@](O)(c2ccccc2)C2CCCC2)C3)cc1. The quantitative estimate of drug-likeness (QED) is 0.0551. The number of aliphatic hydroxyl groups excluding tert-OH is 1. The van der Waals surface area contributed by atoms with Crippen molar-refractivity contribution in [2.75, 3.05) is 51.3 Å². The first-order chi connectivity index (χ1) is 23.8. The van der Waals surface area contributed by atoms with Gasteiger partial charge in [-0.25, -0.2) is 0 Å². The molecule has 1 aliphatic carbocycles. The lowest BCUT2D eigenvalue weighted by atomic mass is 9.80. The van der Waals surface area contributed by atoms with Crippen molar-refractivity contribution in [3.8, 4) is 5.75 Å². The molecular formula is C40H54N3O6+. The Morgan fingerprint density at radius 1 is 0.980 bits per heavy atom. The van der Waals surface area contributed by atoms with Gasteiger partial charge >= 0.3 is 0 Å². The molecule has 5 N–H and O–H groups in total. The van der Waals surface area contributed by atoms with Crippen LogP contribution in [0.2, 0.25) is 0 Å². The zero-order valence-corrected chi connectivity index (χ0v) is 28.8. The number of nitrogens with zero attached hydrogens (tertiary/aromatic N) is 1. The van der Waals surface area contributed by atoms with Gasteiger partial charge in [-0.05, 0) is 60.1 Å². The van der Waals surface area contributed by atoms with Crippen molar-refractivity contribution in [2.45, 2.75) is 75.9 Å². The Morgan fingerprint density at radius 3 is 2.41 bits per heavy atom. The normalized spacial score (nSPS) is 24.7. The fourth-order valence-electron chi connectivity index (χ4n) is 8.34. The number of benzene rings is 3. The first-order valence-electron chi connectivity index (χ1n) is 18.1. The second-order valence-corrected chi connectivity index (χ2v) is 14.6. The van der Waals surface area contributed by atoms with Crippen molar-refractivity contribution in [1.82, 2.24) is 5.32 Å². The van der Waals surface area contributed by atoms with E-state index in [9.17, 15) is 20.1 Å². The van der Waals surface area contributed by atoms with Crippen LogP contribution >= 0.6 is 0 Å². The van der Waals surface area contributed by atoms with E-state index in [0.29, 0.717) is 44.3 Å². The zero-order valence-electron chi connectivity index (χ0n) is 28.8. The fraction of sp³-hybridized carbons (Fsp3) is 0.525. The lowest BCUT2D eigenvalue weighted by Crippen LogP contribution is -2.65. The van der Waals surface area contributed by atoms with E-state index in [4.69, 9.17) is 9.47 Å². The van der Waals surface area contributed by atoms with Gasteiger partial charge in [0.05, 0.1) is 44.7 Å². The van der Waals surface area contributed by atoms with Gasteiger partial charge in [-0.15, -0.1) is 0 Å². The van der Waals surface area contributed by atoms with Gasteiger partial charge in [0.2, 0.25) is 6.41 Å². The van der Waals surface area contributed by atoms with Crippen LogP contribution in [0.25, 0.3) is 0 Å². The number of aliphatic hydroxyl groups is 2. The minimum absolute atomic E-state index is 0.0177. The van der Waals surface area contributed by atoms with Crippen molar-refractivity contribution < 1.29 is 34.1 Å². The molecule has 3 saturated heterocycles. The Kier molecular flexibility index (Phi) is 11.7. The van der Waals surface area contributed by atoms with E-state index in [0.717, 1.165) is 47.1 Å². The molecule has 1 unspecified atom stereocenters. The molecule has 7 rings (SSSR count). The minimum Gasteiger partial charge on any atom is -0.506 e. The summed E-state index contributed by atoms with van der Waals surface area (Å²) in [6.45, 7) is 8.35. The van der Waals surface area contributed by atoms with E-state index >= 15 is 0 Å². The zero-order chi connectivity index (χ0) is 34.3. The molecule has 264 valence electrons. The van der Waals surface area contributed by atoms with Gasteiger partial charge in [0, 0.05) is 31.3 Å². The highest BCUT2D eigenvalue weighted by molar-refractivity contribution is 5.75. The number of anilines is 1. The number of aromatic hydroxyl groups is 1. The second kappa shape index (κ2) is 16.1. The number of amides is 1. The van der Waals surface area contributed by atoms with E-state index in [2.05, 4.69) is 54.0 Å². The summed E-state index contributed by atoms with van der Waals surface area (Å²) in [6.07, 6.45) is 6.74. The molecule has 3 aromatic rings. The molecule has 1 amide bonds. The molecule has 9 heteroatoms. The summed E-state index contributed by atoms with van der Waals surface area (Å²) in [6, 6.07) is 23.3. The molecule has 3 aliphatic heterocycles. The van der Waals surface area contributed by atoms with E-state index in [1.165, 1.54) is 44.8 Å². The number of nitrogens with one attached hydrogen (secondary N) is 2. The monoisotopic (exact) mass is 672 g/mol. The lowest BCUT2D eigenvalue weighted by molar-refractivity contribution is -0.946. The standard InChI is InChI=1S/C40H53N3O6/c1-29(41-24-38(46)33-15-16-37(45)36(23-33)42-28-44)31-13-11-30(12-14-31)26-48-22-21-43-19-17-32(18-20-43)39(25-43)49-27-40(47,35-9-5-6-10-35)34-7-3-2-4-8-34/h2-4,7-8,11-16,23,28-29,32,35,38-39,41,46-47H,5-6,9-10,17-22,24-27H2,1H3,(H-,42,44,45)/p+1/t29?,32?,38-,39-,40+,43?/m0/s1. The predicted molar refractivity (Wildman–Crippen MR) is 190 cm³/mol. The van der Waals surface area contributed by atoms with Crippen LogP contribution in [0, 0.1) is 11.8 Å². The van der Waals surface area contributed by atoms with Crippen LogP contribution in [0.15, 0.2) is 72.8 Å². The number of piperidine rings is 3. The molecule has 49 heavy (non-hydrogen) atoms. The Labute approximate surface area is 290 Å². The minimum atomic E-state index is -0.920. The van der Waals surface area contributed by atoms with Crippen LogP contribution in [-0.2, 0) is 26.5 Å². The van der Waals surface area contributed by atoms with E-state index < -0.39 is 11.7 Å². The third-order valence-corrected chi connectivity index (χ3v) is 11.6. The van der Waals surface area contributed by atoms with Gasteiger partial charge in [0.1, 0.15) is 30.5 Å². The van der Waals surface area contributed by atoms with E-state index in [-0.39, 0.29) is 29.5 Å². The molecule has 4 fully saturated rings. The number of rotatable bonds is 17. The van der Waals surface area contributed by atoms with Gasteiger partial charge in [-0.1, -0.05) is 73.5 Å². The summed E-state index contributed by atoms with van der Waals surface area (Å²) >= 11 is 0. The first kappa shape index (κ1) is 35.5. The van der Waals surface area contributed by atoms with Crippen molar-refractivity contribution in [2.24, 2.45) is 11.8 Å². The molecular weight excluding hydrogens is 618 g/mol. The summed E-state index contributed by atoms with van der Waals surface area (Å²) < 4.78 is 14.0. The van der Waals surface area contributed by atoms with Crippen LogP contribution in [0.5, 0.6) is 5.75 Å². The molecule has 2 bridgehead atoms. The number of quaternary nitrogens is 1. The second-order valence-electron chi connectivity index (χ2n) is 14.6. The average molecular weight is 673 g/mol. The highest BCUT2D eigenvalue weighted by Gasteiger charge is 2.48. The van der Waals surface area contributed by atoms with Gasteiger partial charge in [-0.3, -0.25) is 4.79 Å². The number of hydrogen-bond donors (Lipinski definition) is 5. The van der Waals surface area contributed by atoms with Crippen LogP contribution in [-0.4, -0.2) is 78.3 Å². The molecule has 3 heterocycles. The number of phenols is 1. The maximum absolute atomic E-state index is 12.0. The van der Waals surface area contributed by atoms with Crippen molar-refractivity contribution in [3.63, 3.8) is 0 Å². The number of carbonyl (C=O) groups excluding carboxylic acids is 1. The third kappa shape index (κ3) is 8.53. The summed E-state index contributed by atoms with van der Waals surface area (Å²) in [5, 5.41) is 38.4. The average Bonchev–Trinajstić information content (AvgIpc) is 3.70. The van der Waals surface area contributed by atoms with Crippen LogP contribution in [0.3, 0.4) is 0 Å².